The normalized spacial score (nSPS) is 13.3. The van der Waals surface area contributed by atoms with Crippen LogP contribution in [-0.2, 0) is 9.59 Å². The minimum Gasteiger partial charge on any atom is -0.481 e. The summed E-state index contributed by atoms with van der Waals surface area (Å²) >= 11 is 0. The van der Waals surface area contributed by atoms with E-state index in [1.807, 2.05) is 0 Å². The second-order valence-corrected chi connectivity index (χ2v) is 5.64. The van der Waals surface area contributed by atoms with Crippen molar-refractivity contribution in [2.24, 2.45) is 0 Å². The fourth-order valence-electron chi connectivity index (χ4n) is 2.72. The number of anilines is 1. The Labute approximate surface area is 143 Å². The molecule has 2 aromatic rings. The molecule has 0 saturated heterocycles. The Balaban J connectivity index is 1.72. The van der Waals surface area contributed by atoms with Gasteiger partial charge in [0.2, 0.25) is 12.7 Å². The van der Waals surface area contributed by atoms with Crippen molar-refractivity contribution in [1.29, 1.82) is 0 Å². The van der Waals surface area contributed by atoms with E-state index in [9.17, 15) is 14.0 Å². The van der Waals surface area contributed by atoms with Crippen LogP contribution in [0.25, 0.3) is 0 Å². The molecule has 1 amide bonds. The van der Waals surface area contributed by atoms with Crippen LogP contribution < -0.4 is 14.8 Å². The van der Waals surface area contributed by atoms with E-state index in [1.165, 1.54) is 18.2 Å². The number of hydrogen-bond donors (Lipinski definition) is 2. The first kappa shape index (κ1) is 16.8. The Hall–Kier alpha value is -3.09. The summed E-state index contributed by atoms with van der Waals surface area (Å²) in [4.78, 5) is 23.4. The third-order valence-corrected chi connectivity index (χ3v) is 3.85. The van der Waals surface area contributed by atoms with Crippen molar-refractivity contribution in [2.75, 3.05) is 12.1 Å². The first-order valence-electron chi connectivity index (χ1n) is 7.68. The predicted molar refractivity (Wildman–Crippen MR) is 87.2 cm³/mol. The number of carboxylic acid groups (broad SMARTS) is 1. The minimum absolute atomic E-state index is 0.126. The van der Waals surface area contributed by atoms with Gasteiger partial charge >= 0.3 is 5.97 Å². The van der Waals surface area contributed by atoms with E-state index in [0.717, 1.165) is 0 Å². The molecule has 0 aromatic heterocycles. The van der Waals surface area contributed by atoms with Crippen LogP contribution in [0.3, 0.4) is 0 Å². The first-order valence-corrected chi connectivity index (χ1v) is 7.68. The lowest BCUT2D eigenvalue weighted by atomic mass is 9.91. The van der Waals surface area contributed by atoms with Gasteiger partial charge in [-0.2, -0.15) is 0 Å². The number of benzene rings is 2. The maximum Gasteiger partial charge on any atom is 0.303 e. The van der Waals surface area contributed by atoms with Gasteiger partial charge in [-0.1, -0.05) is 18.2 Å². The van der Waals surface area contributed by atoms with Crippen molar-refractivity contribution in [2.45, 2.75) is 18.8 Å². The maximum atomic E-state index is 14.0. The number of rotatable bonds is 6. The molecule has 0 unspecified atom stereocenters. The van der Waals surface area contributed by atoms with Gasteiger partial charge in [0.15, 0.2) is 11.5 Å². The minimum atomic E-state index is -1.09. The molecule has 1 aliphatic heterocycles. The third-order valence-electron chi connectivity index (χ3n) is 3.85. The van der Waals surface area contributed by atoms with Crippen molar-refractivity contribution in [3.05, 3.63) is 53.8 Å². The fourth-order valence-corrected chi connectivity index (χ4v) is 2.72. The first-order chi connectivity index (χ1) is 12.0. The van der Waals surface area contributed by atoms with Crippen molar-refractivity contribution in [3.8, 4) is 11.5 Å². The smallest absolute Gasteiger partial charge is 0.303 e. The fraction of sp³-hybridized carbons (Fsp3) is 0.222. The van der Waals surface area contributed by atoms with E-state index >= 15 is 0 Å². The van der Waals surface area contributed by atoms with Gasteiger partial charge in [-0.25, -0.2) is 4.39 Å². The SMILES string of the molecule is O=C(O)C[C@@H](CC(=O)Nc1ccc2c(c1)OCO2)c1ccccc1F. The molecular weight excluding hydrogens is 329 g/mol. The van der Waals surface area contributed by atoms with Gasteiger partial charge in [0.1, 0.15) is 5.82 Å². The number of fused-ring (bicyclic) bond motifs is 1. The van der Waals surface area contributed by atoms with Crippen LogP contribution in [-0.4, -0.2) is 23.8 Å². The van der Waals surface area contributed by atoms with Gasteiger partial charge in [0, 0.05) is 24.1 Å². The molecule has 130 valence electrons. The van der Waals surface area contributed by atoms with E-state index in [0.29, 0.717) is 17.2 Å². The molecule has 0 spiro atoms. The summed E-state index contributed by atoms with van der Waals surface area (Å²) in [5.41, 5.74) is 0.711. The number of amides is 1. The second-order valence-electron chi connectivity index (χ2n) is 5.64. The number of nitrogens with one attached hydrogen (secondary N) is 1. The summed E-state index contributed by atoms with van der Waals surface area (Å²) in [6.07, 6.45) is -0.489. The quantitative estimate of drug-likeness (QED) is 0.840. The van der Waals surface area contributed by atoms with E-state index < -0.39 is 23.6 Å². The van der Waals surface area contributed by atoms with Crippen LogP contribution in [0, 0.1) is 5.82 Å². The molecule has 0 radical (unpaired) electrons. The number of aliphatic carboxylic acids is 1. The molecule has 0 bridgehead atoms. The maximum absolute atomic E-state index is 14.0. The lowest BCUT2D eigenvalue weighted by molar-refractivity contribution is -0.137. The molecular formula is C18H16FNO5. The highest BCUT2D eigenvalue weighted by Crippen LogP contribution is 2.34. The number of carboxylic acids is 1. The molecule has 1 atom stereocenters. The van der Waals surface area contributed by atoms with E-state index in [4.69, 9.17) is 14.6 Å². The monoisotopic (exact) mass is 345 g/mol. The zero-order valence-corrected chi connectivity index (χ0v) is 13.2. The molecule has 0 saturated carbocycles. The largest absolute Gasteiger partial charge is 0.481 e. The highest BCUT2D eigenvalue weighted by molar-refractivity contribution is 5.92. The molecule has 2 aromatic carbocycles. The number of hydrogen-bond acceptors (Lipinski definition) is 4. The van der Waals surface area contributed by atoms with Gasteiger partial charge in [0.05, 0.1) is 6.42 Å². The van der Waals surface area contributed by atoms with Crippen molar-refractivity contribution >= 4 is 17.6 Å². The van der Waals surface area contributed by atoms with Crippen LogP contribution in [0.1, 0.15) is 24.3 Å². The summed E-state index contributed by atoms with van der Waals surface area (Å²) in [6.45, 7) is 0.126. The average molecular weight is 345 g/mol. The third kappa shape index (κ3) is 4.06. The Kier molecular flexibility index (Phi) is 4.83. The number of halogens is 1. The number of carbonyl (C=O) groups excluding carboxylic acids is 1. The van der Waals surface area contributed by atoms with Gasteiger partial charge in [0.25, 0.3) is 0 Å². The standard InChI is InChI=1S/C18H16FNO5/c19-14-4-2-1-3-13(14)11(8-18(22)23)7-17(21)20-12-5-6-15-16(9-12)25-10-24-15/h1-6,9,11H,7-8,10H2,(H,20,21)(H,22,23)/t11-/m1/s1. The summed E-state index contributed by atoms with van der Waals surface area (Å²) in [5, 5.41) is 11.7. The lowest BCUT2D eigenvalue weighted by Crippen LogP contribution is -2.18. The molecule has 25 heavy (non-hydrogen) atoms. The van der Waals surface area contributed by atoms with Crippen molar-refractivity contribution in [3.63, 3.8) is 0 Å². The van der Waals surface area contributed by atoms with Crippen LogP contribution in [0.2, 0.25) is 0 Å². The van der Waals surface area contributed by atoms with Crippen molar-refractivity contribution < 1.29 is 28.6 Å². The Morgan fingerprint density at radius 3 is 2.64 bits per heavy atom. The van der Waals surface area contributed by atoms with Gasteiger partial charge in [-0.05, 0) is 23.8 Å². The highest BCUT2D eigenvalue weighted by atomic mass is 19.1. The van der Waals surface area contributed by atoms with E-state index in [-0.39, 0.29) is 25.2 Å². The second kappa shape index (κ2) is 7.21. The topological polar surface area (TPSA) is 84.9 Å². The molecule has 2 N–H and O–H groups in total. The molecule has 1 aliphatic rings. The van der Waals surface area contributed by atoms with E-state index in [1.54, 1.807) is 24.3 Å². The van der Waals surface area contributed by atoms with Gasteiger partial charge in [-0.3, -0.25) is 9.59 Å². The highest BCUT2D eigenvalue weighted by Gasteiger charge is 2.22. The summed E-state index contributed by atoms with van der Waals surface area (Å²) < 4.78 is 24.4. The zero-order chi connectivity index (χ0) is 17.8. The van der Waals surface area contributed by atoms with Crippen LogP contribution in [0.5, 0.6) is 11.5 Å². The molecule has 0 fully saturated rings. The zero-order valence-electron chi connectivity index (χ0n) is 13.2. The van der Waals surface area contributed by atoms with Crippen LogP contribution in [0.15, 0.2) is 42.5 Å². The molecule has 0 aliphatic carbocycles. The predicted octanol–water partition coefficient (Wildman–Crippen LogP) is 3.14. The molecule has 3 rings (SSSR count). The molecule has 6 nitrogen and oxygen atoms in total. The summed E-state index contributed by atoms with van der Waals surface area (Å²) in [6, 6.07) is 10.8. The molecule has 7 heteroatoms. The lowest BCUT2D eigenvalue weighted by Gasteiger charge is -2.16. The Morgan fingerprint density at radius 2 is 1.88 bits per heavy atom. The number of ether oxygens (including phenoxy) is 2. The van der Waals surface area contributed by atoms with Gasteiger partial charge < -0.3 is 19.9 Å². The van der Waals surface area contributed by atoms with Crippen LogP contribution >= 0.6 is 0 Å². The van der Waals surface area contributed by atoms with Crippen LogP contribution in [0.4, 0.5) is 10.1 Å². The summed E-state index contributed by atoms with van der Waals surface area (Å²) in [5.74, 6) is -1.67. The number of carbonyl (C=O) groups is 2. The molecule has 1 heterocycles. The van der Waals surface area contributed by atoms with Gasteiger partial charge in [-0.15, -0.1) is 0 Å². The average Bonchev–Trinajstić information content (AvgIpc) is 3.02. The van der Waals surface area contributed by atoms with Crippen molar-refractivity contribution in [1.82, 2.24) is 0 Å². The summed E-state index contributed by atoms with van der Waals surface area (Å²) in [7, 11) is 0. The van der Waals surface area contributed by atoms with E-state index in [2.05, 4.69) is 5.32 Å². The Morgan fingerprint density at radius 1 is 1.12 bits per heavy atom. The Bertz CT molecular complexity index is 808.